The number of thiophene rings is 1. The molecule has 2 N–H and O–H groups in total. The van der Waals surface area contributed by atoms with Gasteiger partial charge in [0, 0.05) is 25.9 Å². The van der Waals surface area contributed by atoms with Crippen molar-refractivity contribution in [2.75, 3.05) is 31.8 Å². The number of rotatable bonds is 6. The Morgan fingerprint density at radius 2 is 2.00 bits per heavy atom. The number of anilines is 2. The number of thiocarbonyl (C=S) groups is 1. The second kappa shape index (κ2) is 9.88. The Balaban J connectivity index is 1.75. The number of halogens is 1. The van der Waals surface area contributed by atoms with Gasteiger partial charge in [-0.2, -0.15) is 5.10 Å². The summed E-state index contributed by atoms with van der Waals surface area (Å²) in [6.45, 7) is 1.95. The molecule has 0 fully saturated rings. The van der Waals surface area contributed by atoms with E-state index in [1.807, 2.05) is 0 Å². The summed E-state index contributed by atoms with van der Waals surface area (Å²) < 4.78 is 20.3. The monoisotopic (exact) mass is 475 g/mol. The van der Waals surface area contributed by atoms with Crippen molar-refractivity contribution in [2.24, 2.45) is 0 Å². The lowest BCUT2D eigenvalue weighted by atomic mass is 10.1. The van der Waals surface area contributed by atoms with Crippen LogP contribution < -0.4 is 10.6 Å². The third-order valence-electron chi connectivity index (χ3n) is 4.55. The Hall–Kier alpha value is -3.31. The van der Waals surface area contributed by atoms with E-state index >= 15 is 0 Å². The van der Waals surface area contributed by atoms with Crippen molar-refractivity contribution in [1.82, 2.24) is 14.7 Å². The molecule has 32 heavy (non-hydrogen) atoms. The molecule has 8 nitrogen and oxygen atoms in total. The first-order valence-corrected chi connectivity index (χ1v) is 10.7. The Kier molecular flexibility index (Phi) is 7.21. The van der Waals surface area contributed by atoms with E-state index in [4.69, 9.17) is 17.0 Å². The molecule has 0 saturated carbocycles. The Bertz CT molecular complexity index is 1170. The number of benzene rings is 1. The van der Waals surface area contributed by atoms with Crippen LogP contribution in [0.2, 0.25) is 0 Å². The molecule has 1 amide bonds. The molecule has 0 saturated heterocycles. The summed E-state index contributed by atoms with van der Waals surface area (Å²) >= 11 is 6.49. The molecule has 0 bridgehead atoms. The number of nitrogens with one attached hydrogen (secondary N) is 2. The van der Waals surface area contributed by atoms with Gasteiger partial charge in [0.1, 0.15) is 10.8 Å². The van der Waals surface area contributed by atoms with Crippen LogP contribution in [0.3, 0.4) is 0 Å². The Morgan fingerprint density at radius 1 is 1.28 bits per heavy atom. The minimum absolute atomic E-state index is 0.200. The second-order valence-corrected chi connectivity index (χ2v) is 8.48. The number of ether oxygens (including phenoxy) is 1. The van der Waals surface area contributed by atoms with E-state index in [2.05, 4.69) is 15.7 Å². The van der Waals surface area contributed by atoms with Crippen LogP contribution >= 0.6 is 23.6 Å². The first kappa shape index (κ1) is 23.4. The lowest BCUT2D eigenvalue weighted by Crippen LogP contribution is -2.21. The van der Waals surface area contributed by atoms with Gasteiger partial charge in [0.15, 0.2) is 5.11 Å². The smallest absolute Gasteiger partial charge is 0.341 e. The number of hydrogen-bond donors (Lipinski definition) is 2. The van der Waals surface area contributed by atoms with Crippen molar-refractivity contribution in [3.05, 3.63) is 64.0 Å². The molecule has 0 aliphatic rings. The van der Waals surface area contributed by atoms with Gasteiger partial charge < -0.3 is 20.3 Å². The summed E-state index contributed by atoms with van der Waals surface area (Å²) in [7, 11) is 4.55. The molecule has 168 valence electrons. The van der Waals surface area contributed by atoms with Crippen LogP contribution in [0.1, 0.15) is 31.2 Å². The van der Waals surface area contributed by atoms with Crippen molar-refractivity contribution < 1.29 is 18.7 Å². The maximum Gasteiger partial charge on any atom is 0.341 e. The third kappa shape index (κ3) is 5.11. The van der Waals surface area contributed by atoms with Crippen LogP contribution in [0.5, 0.6) is 0 Å². The van der Waals surface area contributed by atoms with E-state index in [0.717, 1.165) is 11.3 Å². The van der Waals surface area contributed by atoms with Gasteiger partial charge in [-0.1, -0.05) is 18.2 Å². The molecule has 0 aliphatic heterocycles. The molecule has 0 spiro atoms. The number of amides is 1. The summed E-state index contributed by atoms with van der Waals surface area (Å²) in [4.78, 5) is 26.6. The second-order valence-electron chi connectivity index (χ2n) is 7.05. The highest BCUT2D eigenvalue weighted by molar-refractivity contribution is 7.80. The maximum absolute atomic E-state index is 13.9. The van der Waals surface area contributed by atoms with Crippen LogP contribution in [-0.4, -0.2) is 52.9 Å². The SMILES string of the molecule is COC(=O)c1c(NC(=S)Nc2cnn(Cc3ccccc3F)c2)sc(C(=O)N(C)C)c1C. The average molecular weight is 476 g/mol. The quantitative estimate of drug-likeness (QED) is 0.415. The number of methoxy groups -OCH3 is 1. The highest BCUT2D eigenvalue weighted by Crippen LogP contribution is 2.34. The summed E-state index contributed by atoms with van der Waals surface area (Å²) in [5, 5.41) is 10.8. The highest BCUT2D eigenvalue weighted by Gasteiger charge is 2.26. The highest BCUT2D eigenvalue weighted by atomic mass is 32.1. The number of hydrogen-bond acceptors (Lipinski definition) is 6. The first-order valence-electron chi connectivity index (χ1n) is 9.48. The fourth-order valence-corrected chi connectivity index (χ4v) is 4.44. The van der Waals surface area contributed by atoms with Crippen molar-refractivity contribution in [1.29, 1.82) is 0 Å². The van der Waals surface area contributed by atoms with Crippen LogP contribution in [-0.2, 0) is 11.3 Å². The Morgan fingerprint density at radius 3 is 2.66 bits per heavy atom. The molecule has 1 aromatic carbocycles. The zero-order valence-corrected chi connectivity index (χ0v) is 19.6. The number of nitrogens with zero attached hydrogens (tertiary/aromatic N) is 3. The van der Waals surface area contributed by atoms with Crippen LogP contribution in [0, 0.1) is 12.7 Å². The zero-order chi connectivity index (χ0) is 23.4. The predicted octanol–water partition coefficient (Wildman–Crippen LogP) is 3.74. The van der Waals surface area contributed by atoms with Crippen molar-refractivity contribution in [2.45, 2.75) is 13.5 Å². The molecule has 3 aromatic rings. The first-order chi connectivity index (χ1) is 15.2. The van der Waals surface area contributed by atoms with E-state index in [-0.39, 0.29) is 28.9 Å². The van der Waals surface area contributed by atoms with Gasteiger partial charge in [0.05, 0.1) is 36.0 Å². The van der Waals surface area contributed by atoms with E-state index in [9.17, 15) is 14.0 Å². The summed E-state index contributed by atoms with van der Waals surface area (Å²) in [6.07, 6.45) is 3.24. The number of aromatic nitrogens is 2. The summed E-state index contributed by atoms with van der Waals surface area (Å²) in [6, 6.07) is 6.48. The van der Waals surface area contributed by atoms with Gasteiger partial charge in [-0.05, 0) is 30.8 Å². The topological polar surface area (TPSA) is 88.5 Å². The summed E-state index contributed by atoms with van der Waals surface area (Å²) in [5.74, 6) is -1.10. The fraction of sp³-hybridized carbons (Fsp3) is 0.238. The molecular weight excluding hydrogens is 453 g/mol. The van der Waals surface area contributed by atoms with Crippen molar-refractivity contribution >= 4 is 51.2 Å². The zero-order valence-electron chi connectivity index (χ0n) is 17.9. The molecule has 0 radical (unpaired) electrons. The van der Waals surface area contributed by atoms with Gasteiger partial charge in [-0.3, -0.25) is 9.48 Å². The largest absolute Gasteiger partial charge is 0.465 e. The molecule has 0 unspecified atom stereocenters. The molecule has 3 rings (SSSR count). The van der Waals surface area contributed by atoms with Gasteiger partial charge >= 0.3 is 5.97 Å². The van der Waals surface area contributed by atoms with Crippen LogP contribution in [0.4, 0.5) is 15.1 Å². The molecule has 0 aliphatic carbocycles. The molecule has 0 atom stereocenters. The van der Waals surface area contributed by atoms with Crippen LogP contribution in [0.25, 0.3) is 0 Å². The lowest BCUT2D eigenvalue weighted by molar-refractivity contribution is 0.0601. The van der Waals surface area contributed by atoms with E-state index < -0.39 is 5.97 Å². The van der Waals surface area contributed by atoms with Gasteiger partial charge in [-0.15, -0.1) is 11.3 Å². The van der Waals surface area contributed by atoms with Gasteiger partial charge in [-0.25, -0.2) is 9.18 Å². The average Bonchev–Trinajstić information content (AvgIpc) is 3.32. The number of esters is 1. The number of carbonyl (C=O) groups excluding carboxylic acids is 2. The maximum atomic E-state index is 13.9. The predicted molar refractivity (Wildman–Crippen MR) is 126 cm³/mol. The Labute approximate surface area is 194 Å². The summed E-state index contributed by atoms with van der Waals surface area (Å²) in [5.41, 5.74) is 1.86. The lowest BCUT2D eigenvalue weighted by Gasteiger charge is -2.09. The van der Waals surface area contributed by atoms with Crippen LogP contribution in [0.15, 0.2) is 36.7 Å². The van der Waals surface area contributed by atoms with Crippen molar-refractivity contribution in [3.63, 3.8) is 0 Å². The van der Waals surface area contributed by atoms with Crippen molar-refractivity contribution in [3.8, 4) is 0 Å². The molecule has 2 aromatic heterocycles. The molecular formula is C21H22FN5O3S2. The molecule has 2 heterocycles. The minimum atomic E-state index is -0.570. The molecule has 11 heteroatoms. The van der Waals surface area contributed by atoms with E-state index in [1.54, 1.807) is 56.3 Å². The normalized spacial score (nSPS) is 10.5. The standard InChI is InChI=1S/C21H22FN5O3S2/c1-12-16(20(29)30-4)18(32-17(12)19(28)26(2)3)25-21(31)24-14-9-23-27(11-14)10-13-7-5-6-8-15(13)22/h5-9,11H,10H2,1-4H3,(H2,24,25,31). The van der Waals surface area contributed by atoms with Gasteiger partial charge in [0.25, 0.3) is 5.91 Å². The minimum Gasteiger partial charge on any atom is -0.465 e. The third-order valence-corrected chi connectivity index (χ3v) is 5.94. The van der Waals surface area contributed by atoms with Gasteiger partial charge in [0.2, 0.25) is 0 Å². The van der Waals surface area contributed by atoms with E-state index in [1.165, 1.54) is 18.1 Å². The fourth-order valence-electron chi connectivity index (χ4n) is 2.94. The number of carbonyl (C=O) groups is 2. The van der Waals surface area contributed by atoms with E-state index in [0.29, 0.717) is 26.7 Å².